The number of fused-ring (bicyclic) bond motifs is 2. The average molecular weight is 439 g/mol. The van der Waals surface area contributed by atoms with Gasteiger partial charge in [0.2, 0.25) is 0 Å². The highest BCUT2D eigenvalue weighted by molar-refractivity contribution is 5.22. The lowest BCUT2D eigenvalue weighted by atomic mass is 10.0. The molecule has 0 spiro atoms. The van der Waals surface area contributed by atoms with E-state index in [2.05, 4.69) is 46.5 Å². The first kappa shape index (κ1) is 25.2. The van der Waals surface area contributed by atoms with Crippen LogP contribution in [0.1, 0.15) is 116 Å². The molecule has 0 aromatic heterocycles. The maximum atomic E-state index is 2.55. The van der Waals surface area contributed by atoms with Crippen LogP contribution in [0.2, 0.25) is 0 Å². The third-order valence-electron chi connectivity index (χ3n) is 7.36. The third kappa shape index (κ3) is 10.9. The highest BCUT2D eigenvalue weighted by Gasteiger charge is 2.07. The van der Waals surface area contributed by atoms with Gasteiger partial charge in [0.05, 0.1) is 0 Å². The second kappa shape index (κ2) is 16.2. The second-order valence-corrected chi connectivity index (χ2v) is 10.4. The lowest BCUT2D eigenvalue weighted by Crippen LogP contribution is -2.21. The van der Waals surface area contributed by atoms with Crippen LogP contribution in [0.15, 0.2) is 47.9 Å². The van der Waals surface area contributed by atoms with E-state index in [-0.39, 0.29) is 0 Å². The standard InChI is InChI=1S/C30H50N2/c1-3-7-11-15-23-31-25-18-22-30(28-31)20-14-10-6-2-4-8-12-16-24-32-26-17-21-29(27-32)19-13-9-5-1/h17-18,21-22,27-28H,1-16,19-20,23-26H2. The Bertz CT molecular complexity index is 558. The van der Waals surface area contributed by atoms with Crippen molar-refractivity contribution in [2.24, 2.45) is 0 Å². The molecule has 3 aliphatic rings. The van der Waals surface area contributed by atoms with Gasteiger partial charge < -0.3 is 9.80 Å². The van der Waals surface area contributed by atoms with Gasteiger partial charge in [0.1, 0.15) is 0 Å². The smallest absolute Gasteiger partial charge is 0.0357 e. The molecule has 0 amide bonds. The number of hydrogen-bond donors (Lipinski definition) is 0. The first-order valence-electron chi connectivity index (χ1n) is 14.1. The van der Waals surface area contributed by atoms with Crippen LogP contribution in [0.3, 0.4) is 0 Å². The van der Waals surface area contributed by atoms with Crippen LogP contribution in [0.25, 0.3) is 0 Å². The fourth-order valence-electron chi connectivity index (χ4n) is 5.36. The zero-order chi connectivity index (χ0) is 22.1. The Morgan fingerprint density at radius 2 is 0.750 bits per heavy atom. The van der Waals surface area contributed by atoms with E-state index >= 15 is 0 Å². The predicted octanol–water partition coefficient (Wildman–Crippen LogP) is 8.53. The van der Waals surface area contributed by atoms with Gasteiger partial charge in [-0.2, -0.15) is 0 Å². The van der Waals surface area contributed by atoms with Crippen LogP contribution in [-0.2, 0) is 0 Å². The molecule has 0 saturated heterocycles. The van der Waals surface area contributed by atoms with E-state index in [4.69, 9.17) is 0 Å². The maximum Gasteiger partial charge on any atom is 0.0357 e. The molecule has 3 aliphatic heterocycles. The SMILES string of the molecule is C1=CC2=CN(C1)CCCCCCCCCCC1=CN(CC=C1)CCCCCCCCCC2. The second-order valence-electron chi connectivity index (χ2n) is 10.4. The van der Waals surface area contributed by atoms with E-state index in [9.17, 15) is 0 Å². The Balaban J connectivity index is 1.37. The molecule has 0 saturated carbocycles. The number of allylic oxidation sites excluding steroid dienone is 4. The summed E-state index contributed by atoms with van der Waals surface area (Å²) in [5.74, 6) is 0. The zero-order valence-electron chi connectivity index (χ0n) is 20.9. The van der Waals surface area contributed by atoms with Crippen molar-refractivity contribution in [1.82, 2.24) is 9.80 Å². The van der Waals surface area contributed by atoms with Crippen molar-refractivity contribution in [2.45, 2.75) is 116 Å². The van der Waals surface area contributed by atoms with Crippen LogP contribution in [-0.4, -0.2) is 36.0 Å². The van der Waals surface area contributed by atoms with Crippen molar-refractivity contribution in [3.63, 3.8) is 0 Å². The molecule has 2 nitrogen and oxygen atoms in total. The minimum atomic E-state index is 1.12. The van der Waals surface area contributed by atoms with E-state index in [0.29, 0.717) is 0 Å². The Morgan fingerprint density at radius 1 is 0.406 bits per heavy atom. The van der Waals surface area contributed by atoms with Gasteiger partial charge in [-0.15, -0.1) is 0 Å². The molecule has 0 aromatic carbocycles. The first-order chi connectivity index (χ1) is 15.9. The highest BCUT2D eigenvalue weighted by atomic mass is 15.1. The summed E-state index contributed by atoms with van der Waals surface area (Å²) in [5, 5.41) is 0. The van der Waals surface area contributed by atoms with Crippen LogP contribution in [0.4, 0.5) is 0 Å². The summed E-state index contributed by atoms with van der Waals surface area (Å²) in [7, 11) is 0. The Labute approximate surface area is 199 Å². The topological polar surface area (TPSA) is 6.48 Å². The molecule has 0 aliphatic carbocycles. The van der Waals surface area contributed by atoms with Gasteiger partial charge in [0.15, 0.2) is 0 Å². The van der Waals surface area contributed by atoms with E-state index < -0.39 is 0 Å². The molecule has 180 valence electrons. The third-order valence-corrected chi connectivity index (χ3v) is 7.36. The Hall–Kier alpha value is -1.44. The van der Waals surface area contributed by atoms with Gasteiger partial charge in [-0.25, -0.2) is 0 Å². The van der Waals surface area contributed by atoms with Gasteiger partial charge in [0, 0.05) is 38.6 Å². The lowest BCUT2D eigenvalue weighted by molar-refractivity contribution is 0.385. The van der Waals surface area contributed by atoms with E-state index in [1.165, 1.54) is 129 Å². The van der Waals surface area contributed by atoms with Crippen LogP contribution >= 0.6 is 0 Å². The summed E-state index contributed by atoms with van der Waals surface area (Å²) < 4.78 is 0. The average Bonchev–Trinajstić information content (AvgIpc) is 2.81. The zero-order valence-corrected chi connectivity index (χ0v) is 20.9. The summed E-state index contributed by atoms with van der Waals surface area (Å²) in [6.07, 6.45) is 39.4. The maximum absolute atomic E-state index is 2.55. The van der Waals surface area contributed by atoms with Gasteiger partial charge >= 0.3 is 0 Å². The van der Waals surface area contributed by atoms with Crippen molar-refractivity contribution in [1.29, 1.82) is 0 Å². The van der Waals surface area contributed by atoms with Crippen LogP contribution in [0.5, 0.6) is 0 Å². The molecule has 0 radical (unpaired) electrons. The fraction of sp³-hybridized carbons (Fsp3) is 0.733. The van der Waals surface area contributed by atoms with Crippen LogP contribution in [0, 0.1) is 0 Å². The Morgan fingerprint density at radius 3 is 1.16 bits per heavy atom. The summed E-state index contributed by atoms with van der Waals surface area (Å²) >= 11 is 0. The van der Waals surface area contributed by atoms with E-state index in [1.807, 2.05) is 0 Å². The van der Waals surface area contributed by atoms with Crippen molar-refractivity contribution in [2.75, 3.05) is 26.2 Å². The molecule has 0 atom stereocenters. The number of rotatable bonds is 0. The van der Waals surface area contributed by atoms with Crippen LogP contribution < -0.4 is 0 Å². The number of hydrogen-bond acceptors (Lipinski definition) is 2. The molecule has 32 heavy (non-hydrogen) atoms. The summed E-state index contributed by atoms with van der Waals surface area (Å²) in [4.78, 5) is 5.10. The lowest BCUT2D eigenvalue weighted by Gasteiger charge is -2.23. The first-order valence-corrected chi connectivity index (χ1v) is 14.1. The van der Waals surface area contributed by atoms with Crippen molar-refractivity contribution in [3.8, 4) is 0 Å². The largest absolute Gasteiger partial charge is 0.373 e. The van der Waals surface area contributed by atoms with Gasteiger partial charge in [-0.3, -0.25) is 0 Å². The van der Waals surface area contributed by atoms with Gasteiger partial charge in [-0.05, 0) is 49.7 Å². The summed E-state index contributed by atoms with van der Waals surface area (Å²) in [6, 6.07) is 0. The molecule has 4 bridgehead atoms. The summed E-state index contributed by atoms with van der Waals surface area (Å²) in [5.41, 5.74) is 3.12. The Kier molecular flexibility index (Phi) is 12.8. The number of nitrogens with zero attached hydrogens (tertiary/aromatic N) is 2. The minimum Gasteiger partial charge on any atom is -0.373 e. The van der Waals surface area contributed by atoms with Crippen molar-refractivity contribution >= 4 is 0 Å². The normalized spacial score (nSPS) is 24.0. The van der Waals surface area contributed by atoms with E-state index in [0.717, 1.165) is 13.1 Å². The molecular formula is C30H50N2. The minimum absolute atomic E-state index is 1.12. The van der Waals surface area contributed by atoms with Gasteiger partial charge in [0.25, 0.3) is 0 Å². The van der Waals surface area contributed by atoms with Crippen molar-refractivity contribution < 1.29 is 0 Å². The monoisotopic (exact) mass is 438 g/mol. The highest BCUT2D eigenvalue weighted by Crippen LogP contribution is 2.19. The predicted molar refractivity (Wildman–Crippen MR) is 141 cm³/mol. The van der Waals surface area contributed by atoms with Crippen molar-refractivity contribution in [3.05, 3.63) is 47.9 Å². The van der Waals surface area contributed by atoms with E-state index in [1.54, 1.807) is 11.1 Å². The molecule has 0 aromatic rings. The fourth-order valence-corrected chi connectivity index (χ4v) is 5.36. The van der Waals surface area contributed by atoms with Gasteiger partial charge in [-0.1, -0.05) is 101 Å². The molecule has 0 fully saturated rings. The molecule has 0 N–H and O–H groups in total. The summed E-state index contributed by atoms with van der Waals surface area (Å²) in [6.45, 7) is 4.72. The molecule has 3 heterocycles. The molecular weight excluding hydrogens is 388 g/mol. The quantitative estimate of drug-likeness (QED) is 0.374. The molecule has 2 heteroatoms. The molecule has 0 unspecified atom stereocenters. The molecule has 3 rings (SSSR count).